The standard InChI is InChI=1S/C11H11FN2O/c1-14-6-5-10(13-14)8-3-4-9(12)11(7-8)15-2/h3-7H,1-2H3. The van der Waals surface area contributed by atoms with Crippen LogP contribution in [-0.4, -0.2) is 16.9 Å². The van der Waals surface area contributed by atoms with Crippen LogP contribution < -0.4 is 4.74 Å². The summed E-state index contributed by atoms with van der Waals surface area (Å²) in [5.74, 6) is -0.129. The van der Waals surface area contributed by atoms with E-state index in [4.69, 9.17) is 4.74 Å². The van der Waals surface area contributed by atoms with Gasteiger partial charge < -0.3 is 4.74 Å². The fraction of sp³-hybridized carbons (Fsp3) is 0.182. The third-order valence-corrected chi connectivity index (χ3v) is 2.16. The van der Waals surface area contributed by atoms with Gasteiger partial charge >= 0.3 is 0 Å². The quantitative estimate of drug-likeness (QED) is 0.753. The molecule has 0 fully saturated rings. The van der Waals surface area contributed by atoms with Gasteiger partial charge in [-0.2, -0.15) is 5.10 Å². The third kappa shape index (κ3) is 1.83. The summed E-state index contributed by atoms with van der Waals surface area (Å²) >= 11 is 0. The Morgan fingerprint density at radius 3 is 2.73 bits per heavy atom. The molecule has 0 aliphatic heterocycles. The Morgan fingerprint density at radius 1 is 1.33 bits per heavy atom. The highest BCUT2D eigenvalue weighted by molar-refractivity contribution is 5.60. The van der Waals surface area contributed by atoms with Crippen molar-refractivity contribution in [3.63, 3.8) is 0 Å². The Balaban J connectivity index is 2.45. The van der Waals surface area contributed by atoms with E-state index in [1.807, 2.05) is 19.3 Å². The van der Waals surface area contributed by atoms with Gasteiger partial charge in [0.2, 0.25) is 0 Å². The van der Waals surface area contributed by atoms with E-state index in [1.165, 1.54) is 13.2 Å². The van der Waals surface area contributed by atoms with Gasteiger partial charge in [0.25, 0.3) is 0 Å². The van der Waals surface area contributed by atoms with Gasteiger partial charge in [-0.25, -0.2) is 4.39 Å². The van der Waals surface area contributed by atoms with Crippen molar-refractivity contribution in [2.24, 2.45) is 7.05 Å². The summed E-state index contributed by atoms with van der Waals surface area (Å²) in [5.41, 5.74) is 1.64. The molecule has 1 aromatic heterocycles. The number of hydrogen-bond acceptors (Lipinski definition) is 2. The van der Waals surface area contributed by atoms with Crippen molar-refractivity contribution in [1.82, 2.24) is 9.78 Å². The minimum absolute atomic E-state index is 0.234. The van der Waals surface area contributed by atoms with Gasteiger partial charge in [0.05, 0.1) is 12.8 Å². The number of nitrogens with zero attached hydrogens (tertiary/aromatic N) is 2. The number of halogens is 1. The number of ether oxygens (including phenoxy) is 1. The zero-order chi connectivity index (χ0) is 10.8. The van der Waals surface area contributed by atoms with Crippen LogP contribution >= 0.6 is 0 Å². The second kappa shape index (κ2) is 3.73. The Labute approximate surface area is 87.1 Å². The molecule has 0 bridgehead atoms. The molecule has 0 saturated carbocycles. The monoisotopic (exact) mass is 206 g/mol. The first kappa shape index (κ1) is 9.71. The number of benzene rings is 1. The van der Waals surface area contributed by atoms with Crippen LogP contribution in [0.1, 0.15) is 0 Å². The van der Waals surface area contributed by atoms with Crippen molar-refractivity contribution in [3.05, 3.63) is 36.3 Å². The fourth-order valence-electron chi connectivity index (χ4n) is 1.39. The molecule has 1 heterocycles. The average Bonchev–Trinajstić information content (AvgIpc) is 2.66. The molecule has 4 heteroatoms. The van der Waals surface area contributed by atoms with E-state index in [2.05, 4.69) is 5.10 Å². The number of rotatable bonds is 2. The first-order valence-electron chi connectivity index (χ1n) is 4.54. The van der Waals surface area contributed by atoms with Crippen molar-refractivity contribution >= 4 is 0 Å². The zero-order valence-electron chi connectivity index (χ0n) is 8.57. The summed E-state index contributed by atoms with van der Waals surface area (Å²) in [7, 11) is 3.28. The van der Waals surface area contributed by atoms with Crippen molar-refractivity contribution in [2.75, 3.05) is 7.11 Å². The van der Waals surface area contributed by atoms with Gasteiger partial charge in [-0.1, -0.05) is 0 Å². The van der Waals surface area contributed by atoms with Crippen LogP contribution in [0.2, 0.25) is 0 Å². The van der Waals surface area contributed by atoms with Gasteiger partial charge in [-0.15, -0.1) is 0 Å². The largest absolute Gasteiger partial charge is 0.494 e. The summed E-state index contributed by atoms with van der Waals surface area (Å²) in [4.78, 5) is 0. The zero-order valence-corrected chi connectivity index (χ0v) is 8.57. The maximum absolute atomic E-state index is 13.1. The van der Waals surface area contributed by atoms with Crippen LogP contribution in [0.25, 0.3) is 11.3 Å². The highest BCUT2D eigenvalue weighted by atomic mass is 19.1. The molecule has 1 aromatic carbocycles. The molecule has 15 heavy (non-hydrogen) atoms. The topological polar surface area (TPSA) is 27.1 Å². The van der Waals surface area contributed by atoms with Crippen molar-refractivity contribution in [1.29, 1.82) is 0 Å². The van der Waals surface area contributed by atoms with Gasteiger partial charge in [0.15, 0.2) is 11.6 Å². The number of aryl methyl sites for hydroxylation is 1. The number of hydrogen-bond donors (Lipinski definition) is 0. The Hall–Kier alpha value is -1.84. The van der Waals surface area contributed by atoms with Crippen molar-refractivity contribution < 1.29 is 9.13 Å². The molecule has 0 N–H and O–H groups in total. The summed E-state index contributed by atoms with van der Waals surface area (Å²) in [5, 5.41) is 4.22. The Kier molecular flexibility index (Phi) is 2.41. The lowest BCUT2D eigenvalue weighted by Crippen LogP contribution is -1.90. The molecule has 2 rings (SSSR count). The average molecular weight is 206 g/mol. The summed E-state index contributed by atoms with van der Waals surface area (Å²) < 4.78 is 19.7. The molecule has 3 nitrogen and oxygen atoms in total. The van der Waals surface area contributed by atoms with Crippen LogP contribution in [0.15, 0.2) is 30.5 Å². The van der Waals surface area contributed by atoms with Crippen LogP contribution in [0.4, 0.5) is 4.39 Å². The van der Waals surface area contributed by atoms with Gasteiger partial charge in [-0.05, 0) is 24.3 Å². The van der Waals surface area contributed by atoms with Crippen molar-refractivity contribution in [3.8, 4) is 17.0 Å². The molecular formula is C11H11FN2O. The molecule has 0 spiro atoms. The molecular weight excluding hydrogens is 195 g/mol. The first-order chi connectivity index (χ1) is 7.20. The SMILES string of the molecule is COc1cc(-c2ccn(C)n2)ccc1F. The second-order valence-electron chi connectivity index (χ2n) is 3.22. The fourth-order valence-corrected chi connectivity index (χ4v) is 1.39. The second-order valence-corrected chi connectivity index (χ2v) is 3.22. The van der Waals surface area contributed by atoms with Crippen molar-refractivity contribution in [2.45, 2.75) is 0 Å². The molecule has 0 saturated heterocycles. The van der Waals surface area contributed by atoms with Gasteiger partial charge in [-0.3, -0.25) is 4.68 Å². The van der Waals surface area contributed by atoms with E-state index < -0.39 is 0 Å². The lowest BCUT2D eigenvalue weighted by molar-refractivity contribution is 0.387. The maximum atomic E-state index is 13.1. The van der Waals surface area contributed by atoms with Crippen LogP contribution in [0, 0.1) is 5.82 Å². The molecule has 78 valence electrons. The van der Waals surface area contributed by atoms with E-state index in [1.54, 1.807) is 16.8 Å². The minimum atomic E-state index is -0.364. The molecule has 0 amide bonds. The summed E-state index contributed by atoms with van der Waals surface area (Å²) in [6.07, 6.45) is 1.84. The smallest absolute Gasteiger partial charge is 0.165 e. The summed E-state index contributed by atoms with van der Waals surface area (Å²) in [6, 6.07) is 6.56. The Bertz CT molecular complexity index is 479. The summed E-state index contributed by atoms with van der Waals surface area (Å²) in [6.45, 7) is 0. The normalized spacial score (nSPS) is 10.3. The van der Waals surface area contributed by atoms with Gasteiger partial charge in [0.1, 0.15) is 0 Å². The lowest BCUT2D eigenvalue weighted by atomic mass is 10.1. The number of aromatic nitrogens is 2. The lowest BCUT2D eigenvalue weighted by Gasteiger charge is -2.03. The van der Waals surface area contributed by atoms with E-state index >= 15 is 0 Å². The van der Waals surface area contributed by atoms with E-state index in [0.717, 1.165) is 11.3 Å². The number of methoxy groups -OCH3 is 1. The minimum Gasteiger partial charge on any atom is -0.494 e. The van der Waals surface area contributed by atoms with E-state index in [0.29, 0.717) is 0 Å². The predicted molar refractivity (Wildman–Crippen MR) is 55.2 cm³/mol. The Morgan fingerprint density at radius 2 is 2.13 bits per heavy atom. The molecule has 0 radical (unpaired) electrons. The molecule has 0 atom stereocenters. The van der Waals surface area contributed by atoms with Crippen LogP contribution in [0.3, 0.4) is 0 Å². The molecule has 0 aliphatic rings. The van der Waals surface area contributed by atoms with E-state index in [9.17, 15) is 4.39 Å². The third-order valence-electron chi connectivity index (χ3n) is 2.16. The highest BCUT2D eigenvalue weighted by Gasteiger charge is 2.06. The van der Waals surface area contributed by atoms with Gasteiger partial charge in [0, 0.05) is 18.8 Å². The predicted octanol–water partition coefficient (Wildman–Crippen LogP) is 2.23. The molecule has 0 unspecified atom stereocenters. The van der Waals surface area contributed by atoms with Crippen LogP contribution in [0.5, 0.6) is 5.75 Å². The van der Waals surface area contributed by atoms with E-state index in [-0.39, 0.29) is 11.6 Å². The first-order valence-corrected chi connectivity index (χ1v) is 4.54. The molecule has 0 aliphatic carbocycles. The molecule has 2 aromatic rings. The van der Waals surface area contributed by atoms with Crippen LogP contribution in [-0.2, 0) is 7.05 Å². The maximum Gasteiger partial charge on any atom is 0.165 e. The highest BCUT2D eigenvalue weighted by Crippen LogP contribution is 2.24.